The Balaban J connectivity index is 2.07. The van der Waals surface area contributed by atoms with Gasteiger partial charge in [0.05, 0.1) is 6.54 Å². The summed E-state index contributed by atoms with van der Waals surface area (Å²) >= 11 is 0. The van der Waals surface area contributed by atoms with Gasteiger partial charge in [0, 0.05) is 6.04 Å². The molecule has 82 valence electrons. The van der Waals surface area contributed by atoms with Crippen molar-refractivity contribution in [3.05, 3.63) is 12.7 Å². The van der Waals surface area contributed by atoms with Crippen molar-refractivity contribution in [3.8, 4) is 0 Å². The van der Waals surface area contributed by atoms with Crippen LogP contribution in [0.2, 0.25) is 0 Å². The van der Waals surface area contributed by atoms with Crippen molar-refractivity contribution in [2.24, 2.45) is 0 Å². The minimum Gasteiger partial charge on any atom is -0.480 e. The summed E-state index contributed by atoms with van der Waals surface area (Å²) in [6, 6.07) is 0.342. The lowest BCUT2D eigenvalue weighted by atomic mass is 10.0. The summed E-state index contributed by atoms with van der Waals surface area (Å²) in [4.78, 5) is 15.0. The number of rotatable bonds is 5. The Morgan fingerprint density at radius 1 is 1.73 bits per heavy atom. The molecule has 6 heteroatoms. The second-order valence-corrected chi connectivity index (χ2v) is 4.15. The van der Waals surface area contributed by atoms with E-state index in [1.54, 1.807) is 6.92 Å². The monoisotopic (exact) mass is 210 g/mol. The van der Waals surface area contributed by atoms with Gasteiger partial charge in [-0.1, -0.05) is 0 Å². The summed E-state index contributed by atoms with van der Waals surface area (Å²) in [5.74, 6) is -0.857. The first-order valence-electron chi connectivity index (χ1n) is 4.94. The fraction of sp³-hybridized carbons (Fsp3) is 0.667. The summed E-state index contributed by atoms with van der Waals surface area (Å²) < 4.78 is 1.53. The number of carbonyl (C=O) groups is 1. The summed E-state index contributed by atoms with van der Waals surface area (Å²) in [5, 5.41) is 16.2. The normalized spacial score (nSPS) is 19.8. The highest BCUT2D eigenvalue weighted by Crippen LogP contribution is 2.23. The van der Waals surface area contributed by atoms with Gasteiger partial charge < -0.3 is 5.11 Å². The molecule has 0 radical (unpaired) electrons. The van der Waals surface area contributed by atoms with Gasteiger partial charge in [-0.25, -0.2) is 4.98 Å². The second kappa shape index (κ2) is 3.62. The van der Waals surface area contributed by atoms with E-state index in [0.29, 0.717) is 12.6 Å². The number of aromatic nitrogens is 3. The van der Waals surface area contributed by atoms with Gasteiger partial charge >= 0.3 is 5.97 Å². The van der Waals surface area contributed by atoms with Gasteiger partial charge in [-0.05, 0) is 19.8 Å². The number of hydrogen-bond acceptors (Lipinski definition) is 4. The molecule has 1 aromatic heterocycles. The van der Waals surface area contributed by atoms with Gasteiger partial charge in [0.2, 0.25) is 0 Å². The highest BCUT2D eigenvalue weighted by Gasteiger charge is 2.39. The number of hydrogen-bond donors (Lipinski definition) is 2. The van der Waals surface area contributed by atoms with Crippen molar-refractivity contribution in [1.82, 2.24) is 20.1 Å². The van der Waals surface area contributed by atoms with E-state index in [1.807, 2.05) is 0 Å². The third kappa shape index (κ3) is 2.33. The molecule has 0 bridgehead atoms. The first-order valence-corrected chi connectivity index (χ1v) is 4.94. The number of nitrogens with one attached hydrogen (secondary N) is 1. The van der Waals surface area contributed by atoms with Crippen molar-refractivity contribution in [2.45, 2.75) is 37.9 Å². The van der Waals surface area contributed by atoms with Crippen LogP contribution in [0.15, 0.2) is 12.7 Å². The quantitative estimate of drug-likeness (QED) is 0.707. The molecule has 1 atom stereocenters. The second-order valence-electron chi connectivity index (χ2n) is 4.15. The highest BCUT2D eigenvalue weighted by atomic mass is 16.4. The Kier molecular flexibility index (Phi) is 2.44. The summed E-state index contributed by atoms with van der Waals surface area (Å²) in [6.45, 7) is 1.97. The lowest BCUT2D eigenvalue weighted by Crippen LogP contribution is -2.53. The Labute approximate surface area is 87.3 Å². The number of carboxylic acids is 1. The number of carboxylic acid groups (broad SMARTS) is 1. The maximum atomic E-state index is 11.2. The van der Waals surface area contributed by atoms with E-state index in [9.17, 15) is 9.90 Å². The molecule has 0 saturated heterocycles. The smallest absolute Gasteiger partial charge is 0.325 e. The lowest BCUT2D eigenvalue weighted by molar-refractivity contribution is -0.145. The predicted molar refractivity (Wildman–Crippen MR) is 52.2 cm³/mol. The van der Waals surface area contributed by atoms with E-state index in [4.69, 9.17) is 0 Å². The summed E-state index contributed by atoms with van der Waals surface area (Å²) in [5.41, 5.74) is -0.963. The third-order valence-corrected chi connectivity index (χ3v) is 2.52. The van der Waals surface area contributed by atoms with E-state index < -0.39 is 11.5 Å². The van der Waals surface area contributed by atoms with Crippen molar-refractivity contribution in [2.75, 3.05) is 0 Å². The molecule has 1 fully saturated rings. The van der Waals surface area contributed by atoms with Crippen LogP contribution in [0.1, 0.15) is 19.8 Å². The zero-order valence-electron chi connectivity index (χ0n) is 8.55. The molecule has 1 unspecified atom stereocenters. The Bertz CT molecular complexity index is 347. The van der Waals surface area contributed by atoms with Crippen LogP contribution in [-0.4, -0.2) is 37.4 Å². The van der Waals surface area contributed by atoms with Crippen LogP contribution < -0.4 is 5.32 Å². The standard InChI is InChI=1S/C9H14N4O2/c1-9(8(14)15,12-7-2-3-7)4-13-6-10-5-11-13/h5-7,12H,2-4H2,1H3,(H,14,15). The van der Waals surface area contributed by atoms with Crippen LogP contribution in [0.25, 0.3) is 0 Å². The molecule has 1 saturated carbocycles. The van der Waals surface area contributed by atoms with E-state index >= 15 is 0 Å². The van der Waals surface area contributed by atoms with Crippen LogP contribution in [0, 0.1) is 0 Å². The van der Waals surface area contributed by atoms with Crippen LogP contribution in [-0.2, 0) is 11.3 Å². The van der Waals surface area contributed by atoms with Crippen LogP contribution in [0.3, 0.4) is 0 Å². The average molecular weight is 210 g/mol. The fourth-order valence-electron chi connectivity index (χ4n) is 1.49. The minimum absolute atomic E-state index is 0.291. The van der Waals surface area contributed by atoms with Crippen LogP contribution in [0.5, 0.6) is 0 Å². The molecule has 1 aliphatic rings. The van der Waals surface area contributed by atoms with E-state index in [-0.39, 0.29) is 0 Å². The number of aliphatic carboxylic acids is 1. The molecule has 15 heavy (non-hydrogen) atoms. The first kappa shape index (κ1) is 10.1. The molecule has 0 aliphatic heterocycles. The zero-order chi connectivity index (χ0) is 10.9. The van der Waals surface area contributed by atoms with E-state index in [1.165, 1.54) is 17.3 Å². The molecule has 2 rings (SSSR count). The molecule has 6 nitrogen and oxygen atoms in total. The SMILES string of the molecule is CC(Cn1cncn1)(NC1CC1)C(=O)O. The Morgan fingerprint density at radius 3 is 2.93 bits per heavy atom. The molecule has 1 heterocycles. The fourth-order valence-corrected chi connectivity index (χ4v) is 1.49. The largest absolute Gasteiger partial charge is 0.480 e. The number of nitrogens with zero attached hydrogens (tertiary/aromatic N) is 3. The van der Waals surface area contributed by atoms with Gasteiger partial charge in [-0.15, -0.1) is 0 Å². The van der Waals surface area contributed by atoms with Gasteiger partial charge in [0.15, 0.2) is 0 Å². The van der Waals surface area contributed by atoms with Crippen molar-refractivity contribution in [1.29, 1.82) is 0 Å². The third-order valence-electron chi connectivity index (χ3n) is 2.52. The summed E-state index contributed by atoms with van der Waals surface area (Å²) in [6.07, 6.45) is 5.04. The van der Waals surface area contributed by atoms with Gasteiger partial charge in [0.25, 0.3) is 0 Å². The molecule has 1 aliphatic carbocycles. The predicted octanol–water partition coefficient (Wildman–Crippen LogP) is -0.127. The van der Waals surface area contributed by atoms with Gasteiger partial charge in [0.1, 0.15) is 18.2 Å². The Morgan fingerprint density at radius 2 is 2.47 bits per heavy atom. The molecule has 2 N–H and O–H groups in total. The minimum atomic E-state index is -0.963. The molecule has 0 spiro atoms. The van der Waals surface area contributed by atoms with Crippen molar-refractivity contribution >= 4 is 5.97 Å². The molecular formula is C9H14N4O2. The van der Waals surface area contributed by atoms with Crippen molar-refractivity contribution < 1.29 is 9.90 Å². The Hall–Kier alpha value is -1.43. The first-order chi connectivity index (χ1) is 7.10. The van der Waals surface area contributed by atoms with Gasteiger partial charge in [-0.3, -0.25) is 14.8 Å². The maximum Gasteiger partial charge on any atom is 0.325 e. The summed E-state index contributed by atoms with van der Waals surface area (Å²) in [7, 11) is 0. The average Bonchev–Trinajstić information content (AvgIpc) is 2.80. The molecule has 0 amide bonds. The van der Waals surface area contributed by atoms with E-state index in [0.717, 1.165) is 12.8 Å². The van der Waals surface area contributed by atoms with Crippen LogP contribution in [0.4, 0.5) is 0 Å². The molecule has 0 aromatic carbocycles. The molecule has 1 aromatic rings. The zero-order valence-corrected chi connectivity index (χ0v) is 8.55. The van der Waals surface area contributed by atoms with Gasteiger partial charge in [-0.2, -0.15) is 5.10 Å². The van der Waals surface area contributed by atoms with Crippen LogP contribution >= 0.6 is 0 Å². The topological polar surface area (TPSA) is 80.0 Å². The van der Waals surface area contributed by atoms with Crippen molar-refractivity contribution in [3.63, 3.8) is 0 Å². The molecular weight excluding hydrogens is 196 g/mol. The maximum absolute atomic E-state index is 11.2. The lowest BCUT2D eigenvalue weighted by Gasteiger charge is -2.25. The highest BCUT2D eigenvalue weighted by molar-refractivity contribution is 5.78. The van der Waals surface area contributed by atoms with E-state index in [2.05, 4.69) is 15.4 Å².